The summed E-state index contributed by atoms with van der Waals surface area (Å²) in [5.41, 5.74) is 1.86. The van der Waals surface area contributed by atoms with Crippen LogP contribution >= 0.6 is 0 Å². The number of rotatable bonds is 4. The summed E-state index contributed by atoms with van der Waals surface area (Å²) >= 11 is 0. The maximum atomic E-state index is 11.8. The molecular formula is C12H15NO2. The number of hydrogen-bond donors (Lipinski definition) is 1. The number of ketones is 1. The Morgan fingerprint density at radius 2 is 2.40 bits per heavy atom. The Labute approximate surface area is 89.4 Å². The molecule has 1 aromatic rings. The van der Waals surface area contributed by atoms with Gasteiger partial charge in [-0.2, -0.15) is 0 Å². The first-order chi connectivity index (χ1) is 7.33. The lowest BCUT2D eigenvalue weighted by Gasteiger charge is -2.06. The van der Waals surface area contributed by atoms with E-state index in [4.69, 9.17) is 4.74 Å². The van der Waals surface area contributed by atoms with E-state index in [-0.39, 0.29) is 5.78 Å². The molecule has 2 rings (SSSR count). The molecule has 0 unspecified atom stereocenters. The molecule has 0 saturated heterocycles. The van der Waals surface area contributed by atoms with Gasteiger partial charge in [0, 0.05) is 6.42 Å². The fraction of sp³-hybridized carbons (Fsp3) is 0.417. The zero-order valence-corrected chi connectivity index (χ0v) is 8.88. The van der Waals surface area contributed by atoms with Crippen molar-refractivity contribution in [2.75, 3.05) is 19.7 Å². The van der Waals surface area contributed by atoms with E-state index < -0.39 is 0 Å². The molecule has 1 N–H and O–H groups in total. The van der Waals surface area contributed by atoms with Crippen molar-refractivity contribution >= 4 is 5.78 Å². The molecule has 0 radical (unpaired) electrons. The lowest BCUT2D eigenvalue weighted by molar-refractivity contribution is 0.0988. The third kappa shape index (κ3) is 2.02. The van der Waals surface area contributed by atoms with Crippen molar-refractivity contribution in [2.24, 2.45) is 0 Å². The number of hydrogen-bond acceptors (Lipinski definition) is 3. The topological polar surface area (TPSA) is 38.3 Å². The van der Waals surface area contributed by atoms with Gasteiger partial charge in [-0.1, -0.05) is 19.1 Å². The number of carbonyl (C=O) groups excluding carboxylic acids is 1. The van der Waals surface area contributed by atoms with Crippen molar-refractivity contribution in [3.63, 3.8) is 0 Å². The molecular weight excluding hydrogens is 190 g/mol. The van der Waals surface area contributed by atoms with Gasteiger partial charge in [-0.3, -0.25) is 4.79 Å². The number of Topliss-reactive ketones (excluding diaryl/α,β-unsaturated/α-hetero) is 1. The predicted octanol–water partition coefficient (Wildman–Crippen LogP) is 1.41. The number of carbonyl (C=O) groups is 1. The Kier molecular flexibility index (Phi) is 3.02. The van der Waals surface area contributed by atoms with Crippen LogP contribution in [0.15, 0.2) is 18.2 Å². The number of likely N-dealkylation sites (N-methyl/N-ethyl adjacent to an activating group) is 1. The summed E-state index contributed by atoms with van der Waals surface area (Å²) in [7, 11) is 0. The van der Waals surface area contributed by atoms with Crippen LogP contribution < -0.4 is 10.1 Å². The standard InChI is InChI=1S/C12H15NO2/c1-2-13-8-11(14)10-5-3-4-9-6-7-15-12(9)10/h3-5,13H,2,6-8H2,1H3. The zero-order chi connectivity index (χ0) is 10.7. The molecule has 1 aromatic carbocycles. The quantitative estimate of drug-likeness (QED) is 0.755. The Balaban J connectivity index is 2.21. The smallest absolute Gasteiger partial charge is 0.180 e. The van der Waals surface area contributed by atoms with Crippen molar-refractivity contribution in [1.29, 1.82) is 0 Å². The van der Waals surface area contributed by atoms with E-state index in [2.05, 4.69) is 5.32 Å². The van der Waals surface area contributed by atoms with Crippen LogP contribution in [0, 0.1) is 0 Å². The second kappa shape index (κ2) is 4.45. The van der Waals surface area contributed by atoms with E-state index in [1.54, 1.807) is 0 Å². The molecule has 15 heavy (non-hydrogen) atoms. The third-order valence-corrected chi connectivity index (χ3v) is 2.55. The highest BCUT2D eigenvalue weighted by atomic mass is 16.5. The third-order valence-electron chi connectivity index (χ3n) is 2.55. The van der Waals surface area contributed by atoms with Crippen molar-refractivity contribution < 1.29 is 9.53 Å². The van der Waals surface area contributed by atoms with Crippen LogP contribution in [0.5, 0.6) is 5.75 Å². The van der Waals surface area contributed by atoms with Gasteiger partial charge in [0.1, 0.15) is 5.75 Å². The van der Waals surface area contributed by atoms with Gasteiger partial charge in [-0.05, 0) is 18.2 Å². The summed E-state index contributed by atoms with van der Waals surface area (Å²) < 4.78 is 5.48. The second-order valence-corrected chi connectivity index (χ2v) is 3.60. The molecule has 0 aliphatic carbocycles. The molecule has 0 spiro atoms. The number of para-hydroxylation sites is 1. The molecule has 0 saturated carbocycles. The first-order valence-electron chi connectivity index (χ1n) is 5.31. The first kappa shape index (κ1) is 10.2. The molecule has 1 aliphatic rings. The van der Waals surface area contributed by atoms with Gasteiger partial charge in [0.15, 0.2) is 5.78 Å². The van der Waals surface area contributed by atoms with Crippen molar-refractivity contribution in [2.45, 2.75) is 13.3 Å². The highest BCUT2D eigenvalue weighted by molar-refractivity contribution is 6.00. The molecule has 3 heteroatoms. The molecule has 3 nitrogen and oxygen atoms in total. The first-order valence-corrected chi connectivity index (χ1v) is 5.31. The monoisotopic (exact) mass is 205 g/mol. The summed E-state index contributed by atoms with van der Waals surface area (Å²) in [4.78, 5) is 11.8. The van der Waals surface area contributed by atoms with Gasteiger partial charge in [-0.25, -0.2) is 0 Å². The van der Waals surface area contributed by atoms with E-state index in [1.807, 2.05) is 25.1 Å². The highest BCUT2D eigenvalue weighted by Gasteiger charge is 2.19. The highest BCUT2D eigenvalue weighted by Crippen LogP contribution is 2.29. The largest absolute Gasteiger partial charge is 0.492 e. The van der Waals surface area contributed by atoms with E-state index in [0.717, 1.165) is 24.3 Å². The summed E-state index contributed by atoms with van der Waals surface area (Å²) in [6.07, 6.45) is 0.914. The van der Waals surface area contributed by atoms with Gasteiger partial charge >= 0.3 is 0 Å². The van der Waals surface area contributed by atoms with Crippen molar-refractivity contribution in [1.82, 2.24) is 5.32 Å². The van der Waals surface area contributed by atoms with Gasteiger partial charge in [0.2, 0.25) is 0 Å². The maximum Gasteiger partial charge on any atom is 0.180 e. The van der Waals surface area contributed by atoms with E-state index in [0.29, 0.717) is 18.7 Å². The Hall–Kier alpha value is -1.35. The Morgan fingerprint density at radius 1 is 1.53 bits per heavy atom. The summed E-state index contributed by atoms with van der Waals surface area (Å²) in [6.45, 7) is 3.87. The lowest BCUT2D eigenvalue weighted by atomic mass is 10.0. The second-order valence-electron chi connectivity index (χ2n) is 3.60. The van der Waals surface area contributed by atoms with Gasteiger partial charge in [0.05, 0.1) is 18.7 Å². The van der Waals surface area contributed by atoms with Crippen LogP contribution in [0.1, 0.15) is 22.8 Å². The minimum atomic E-state index is 0.107. The van der Waals surface area contributed by atoms with Gasteiger partial charge < -0.3 is 10.1 Å². The van der Waals surface area contributed by atoms with Crippen molar-refractivity contribution in [3.8, 4) is 5.75 Å². The summed E-state index contributed by atoms with van der Waals surface area (Å²) in [6, 6.07) is 5.78. The normalized spacial score (nSPS) is 13.4. The molecule has 0 atom stereocenters. The summed E-state index contributed by atoms with van der Waals surface area (Å²) in [5, 5.41) is 3.03. The van der Waals surface area contributed by atoms with E-state index in [1.165, 1.54) is 0 Å². The van der Waals surface area contributed by atoms with Crippen molar-refractivity contribution in [3.05, 3.63) is 29.3 Å². The minimum absolute atomic E-state index is 0.107. The average molecular weight is 205 g/mol. The Bertz CT molecular complexity index is 374. The molecule has 1 aliphatic heterocycles. The molecule has 0 fully saturated rings. The number of nitrogens with one attached hydrogen (secondary N) is 1. The zero-order valence-electron chi connectivity index (χ0n) is 8.88. The van der Waals surface area contributed by atoms with Crippen LogP contribution in [-0.4, -0.2) is 25.5 Å². The Morgan fingerprint density at radius 3 is 3.20 bits per heavy atom. The van der Waals surface area contributed by atoms with Crippen LogP contribution in [0.2, 0.25) is 0 Å². The number of fused-ring (bicyclic) bond motifs is 1. The fourth-order valence-electron chi connectivity index (χ4n) is 1.77. The van der Waals surface area contributed by atoms with Crippen LogP contribution in [0.3, 0.4) is 0 Å². The lowest BCUT2D eigenvalue weighted by Crippen LogP contribution is -2.22. The summed E-state index contributed by atoms with van der Waals surface area (Å²) in [5.74, 6) is 0.899. The molecule has 0 amide bonds. The average Bonchev–Trinajstić information content (AvgIpc) is 2.73. The number of benzene rings is 1. The SMILES string of the molecule is CCNCC(=O)c1cccc2c1OCC2. The maximum absolute atomic E-state index is 11.8. The van der Waals surface area contributed by atoms with Gasteiger partial charge in [-0.15, -0.1) is 0 Å². The molecule has 80 valence electrons. The predicted molar refractivity (Wildman–Crippen MR) is 58.5 cm³/mol. The van der Waals surface area contributed by atoms with Crippen LogP contribution in [-0.2, 0) is 6.42 Å². The van der Waals surface area contributed by atoms with Crippen LogP contribution in [0.4, 0.5) is 0 Å². The fourth-order valence-corrected chi connectivity index (χ4v) is 1.77. The van der Waals surface area contributed by atoms with E-state index in [9.17, 15) is 4.79 Å². The minimum Gasteiger partial charge on any atom is -0.492 e. The molecule has 0 aromatic heterocycles. The van der Waals surface area contributed by atoms with Crippen LogP contribution in [0.25, 0.3) is 0 Å². The molecule has 0 bridgehead atoms. The van der Waals surface area contributed by atoms with E-state index >= 15 is 0 Å². The molecule has 1 heterocycles. The van der Waals surface area contributed by atoms with Gasteiger partial charge in [0.25, 0.3) is 0 Å². The number of ether oxygens (including phenoxy) is 1.